The Morgan fingerprint density at radius 2 is 1.73 bits per heavy atom. The van der Waals surface area contributed by atoms with Gasteiger partial charge in [0, 0.05) is 22.5 Å². The molecule has 8 heteroatoms. The number of carbonyl (C=O) groups excluding carboxylic acids is 2. The van der Waals surface area contributed by atoms with Crippen LogP contribution in [0, 0.1) is 0 Å². The molecule has 1 amide bonds. The number of ether oxygens (including phenoxy) is 1. The predicted molar refractivity (Wildman–Crippen MR) is 129 cm³/mol. The first-order valence-electron chi connectivity index (χ1n) is 10.2. The van der Waals surface area contributed by atoms with Crippen LogP contribution in [0.1, 0.15) is 17.3 Å². The first kappa shape index (κ1) is 22.3. The van der Waals surface area contributed by atoms with Gasteiger partial charge in [-0.05, 0) is 55.5 Å². The molecule has 1 heterocycles. The number of nitrogens with one attached hydrogen (secondary N) is 1. The first-order valence-corrected chi connectivity index (χ1v) is 11.2. The summed E-state index contributed by atoms with van der Waals surface area (Å²) in [5.41, 5.74) is 2.90. The smallest absolute Gasteiger partial charge is 0.234 e. The molecule has 0 saturated heterocycles. The number of nitrogens with zero attached hydrogens (tertiary/aromatic N) is 3. The summed E-state index contributed by atoms with van der Waals surface area (Å²) in [7, 11) is 1.62. The molecule has 0 unspecified atom stereocenters. The number of rotatable bonds is 8. The van der Waals surface area contributed by atoms with E-state index in [-0.39, 0.29) is 17.4 Å². The van der Waals surface area contributed by atoms with Crippen LogP contribution in [0.2, 0.25) is 0 Å². The van der Waals surface area contributed by atoms with Gasteiger partial charge in [0.05, 0.1) is 12.9 Å². The summed E-state index contributed by atoms with van der Waals surface area (Å²) in [5, 5.41) is 12.2. The fourth-order valence-electron chi connectivity index (χ4n) is 3.24. The largest absolute Gasteiger partial charge is 0.497 e. The van der Waals surface area contributed by atoms with Gasteiger partial charge in [-0.3, -0.25) is 14.2 Å². The molecule has 0 fully saturated rings. The lowest BCUT2D eigenvalue weighted by atomic mass is 10.1. The van der Waals surface area contributed by atoms with E-state index in [0.29, 0.717) is 22.2 Å². The lowest BCUT2D eigenvalue weighted by molar-refractivity contribution is -0.113. The third-order valence-corrected chi connectivity index (χ3v) is 5.81. The fourth-order valence-corrected chi connectivity index (χ4v) is 4.00. The molecule has 0 atom stereocenters. The van der Waals surface area contributed by atoms with Crippen LogP contribution in [-0.4, -0.2) is 39.3 Å². The topological polar surface area (TPSA) is 86.1 Å². The Bertz CT molecular complexity index is 1270. The standard InChI is InChI=1S/C25H22N4O3S/c1-17(30)19-7-6-8-20(15-19)26-23(31)16-33-25-28-27-24(18-11-13-22(32-2)14-12-18)29(25)21-9-4-3-5-10-21/h3-15H,16H2,1-2H3,(H,26,31). The van der Waals surface area contributed by atoms with Gasteiger partial charge < -0.3 is 10.1 Å². The highest BCUT2D eigenvalue weighted by Gasteiger charge is 2.17. The molecule has 0 aliphatic rings. The van der Waals surface area contributed by atoms with Gasteiger partial charge in [-0.2, -0.15) is 0 Å². The molecular formula is C25H22N4O3S. The van der Waals surface area contributed by atoms with Crippen molar-refractivity contribution in [3.63, 3.8) is 0 Å². The van der Waals surface area contributed by atoms with Crippen LogP contribution in [0.3, 0.4) is 0 Å². The number of anilines is 1. The van der Waals surface area contributed by atoms with Gasteiger partial charge in [-0.15, -0.1) is 10.2 Å². The molecule has 1 N–H and O–H groups in total. The van der Waals surface area contributed by atoms with Gasteiger partial charge in [-0.1, -0.05) is 42.1 Å². The zero-order chi connectivity index (χ0) is 23.2. The Morgan fingerprint density at radius 1 is 0.970 bits per heavy atom. The summed E-state index contributed by atoms with van der Waals surface area (Å²) in [4.78, 5) is 24.2. The molecule has 33 heavy (non-hydrogen) atoms. The molecule has 166 valence electrons. The molecule has 0 bridgehead atoms. The predicted octanol–water partition coefficient (Wildman–Crippen LogP) is 4.88. The third-order valence-electron chi connectivity index (χ3n) is 4.88. The normalized spacial score (nSPS) is 10.6. The summed E-state index contributed by atoms with van der Waals surface area (Å²) >= 11 is 1.29. The van der Waals surface area contributed by atoms with Crippen molar-refractivity contribution in [3.05, 3.63) is 84.4 Å². The highest BCUT2D eigenvalue weighted by atomic mass is 32.2. The Labute approximate surface area is 195 Å². The van der Waals surface area contributed by atoms with Gasteiger partial charge in [-0.25, -0.2) is 0 Å². The van der Waals surface area contributed by atoms with E-state index >= 15 is 0 Å². The van der Waals surface area contributed by atoms with Gasteiger partial charge in [0.15, 0.2) is 16.8 Å². The number of aromatic nitrogens is 3. The van der Waals surface area contributed by atoms with Crippen molar-refractivity contribution in [1.29, 1.82) is 0 Å². The zero-order valence-corrected chi connectivity index (χ0v) is 19.0. The Kier molecular flexibility index (Phi) is 6.85. The second-order valence-corrected chi connectivity index (χ2v) is 8.12. The van der Waals surface area contributed by atoms with Gasteiger partial charge in [0.2, 0.25) is 5.91 Å². The quantitative estimate of drug-likeness (QED) is 0.299. The number of ketones is 1. The minimum absolute atomic E-state index is 0.0532. The SMILES string of the molecule is COc1ccc(-c2nnc(SCC(=O)Nc3cccc(C(C)=O)c3)n2-c2ccccc2)cc1. The van der Waals surface area contributed by atoms with E-state index < -0.39 is 0 Å². The number of methoxy groups -OCH3 is 1. The summed E-state index contributed by atoms with van der Waals surface area (Å²) < 4.78 is 7.18. The maximum Gasteiger partial charge on any atom is 0.234 e. The van der Waals surface area contributed by atoms with Crippen molar-refractivity contribution in [2.75, 3.05) is 18.2 Å². The maximum atomic E-state index is 12.6. The van der Waals surface area contributed by atoms with Crippen molar-refractivity contribution in [2.45, 2.75) is 12.1 Å². The lowest BCUT2D eigenvalue weighted by Crippen LogP contribution is -2.15. The third kappa shape index (κ3) is 5.30. The van der Waals surface area contributed by atoms with Crippen LogP contribution in [0.15, 0.2) is 84.0 Å². The monoisotopic (exact) mass is 458 g/mol. The first-order chi connectivity index (χ1) is 16.0. The molecule has 4 aromatic rings. The Hall–Kier alpha value is -3.91. The highest BCUT2D eigenvalue weighted by Crippen LogP contribution is 2.29. The van der Waals surface area contributed by atoms with E-state index in [1.165, 1.54) is 18.7 Å². The summed E-state index contributed by atoms with van der Waals surface area (Å²) in [6.07, 6.45) is 0. The molecule has 0 radical (unpaired) electrons. The number of benzene rings is 3. The molecular weight excluding hydrogens is 436 g/mol. The second-order valence-electron chi connectivity index (χ2n) is 7.18. The van der Waals surface area contributed by atoms with Crippen LogP contribution in [0.5, 0.6) is 5.75 Å². The average molecular weight is 459 g/mol. The van der Waals surface area contributed by atoms with E-state index in [0.717, 1.165) is 17.0 Å². The number of para-hydroxylation sites is 1. The molecule has 1 aromatic heterocycles. The summed E-state index contributed by atoms with van der Waals surface area (Å²) in [5.74, 6) is 1.31. The average Bonchev–Trinajstić information content (AvgIpc) is 3.27. The number of Topliss-reactive ketones (excluding diaryl/α,β-unsaturated/α-hetero) is 1. The number of amides is 1. The van der Waals surface area contributed by atoms with E-state index in [9.17, 15) is 9.59 Å². The van der Waals surface area contributed by atoms with Gasteiger partial charge in [0.25, 0.3) is 0 Å². The highest BCUT2D eigenvalue weighted by molar-refractivity contribution is 7.99. The van der Waals surface area contributed by atoms with E-state index in [4.69, 9.17) is 4.74 Å². The van der Waals surface area contributed by atoms with Gasteiger partial charge >= 0.3 is 0 Å². The minimum atomic E-state index is -0.200. The molecule has 3 aromatic carbocycles. The minimum Gasteiger partial charge on any atom is -0.497 e. The number of hydrogen-bond donors (Lipinski definition) is 1. The zero-order valence-electron chi connectivity index (χ0n) is 18.2. The lowest BCUT2D eigenvalue weighted by Gasteiger charge is -2.11. The fraction of sp³-hybridized carbons (Fsp3) is 0.120. The van der Waals surface area contributed by atoms with E-state index in [1.807, 2.05) is 59.2 Å². The second kappa shape index (κ2) is 10.1. The Morgan fingerprint density at radius 3 is 2.42 bits per heavy atom. The van der Waals surface area contributed by atoms with Crippen molar-refractivity contribution >= 4 is 29.1 Å². The maximum absolute atomic E-state index is 12.6. The van der Waals surface area contributed by atoms with Crippen molar-refractivity contribution in [2.24, 2.45) is 0 Å². The van der Waals surface area contributed by atoms with Crippen molar-refractivity contribution in [1.82, 2.24) is 14.8 Å². The van der Waals surface area contributed by atoms with Crippen LogP contribution in [0.4, 0.5) is 5.69 Å². The molecule has 0 spiro atoms. The van der Waals surface area contributed by atoms with Gasteiger partial charge in [0.1, 0.15) is 5.75 Å². The van der Waals surface area contributed by atoms with E-state index in [2.05, 4.69) is 15.5 Å². The number of hydrogen-bond acceptors (Lipinski definition) is 6. The molecule has 0 saturated carbocycles. The van der Waals surface area contributed by atoms with Crippen LogP contribution in [-0.2, 0) is 4.79 Å². The van der Waals surface area contributed by atoms with Crippen molar-refractivity contribution in [3.8, 4) is 22.8 Å². The summed E-state index contributed by atoms with van der Waals surface area (Å²) in [6.45, 7) is 1.49. The van der Waals surface area contributed by atoms with Crippen LogP contribution < -0.4 is 10.1 Å². The molecule has 7 nitrogen and oxygen atoms in total. The van der Waals surface area contributed by atoms with E-state index in [1.54, 1.807) is 31.4 Å². The number of carbonyl (C=O) groups is 2. The molecule has 4 rings (SSSR count). The van der Waals surface area contributed by atoms with Crippen LogP contribution in [0.25, 0.3) is 17.1 Å². The molecule has 0 aliphatic heterocycles. The Balaban J connectivity index is 1.56. The number of thioether (sulfide) groups is 1. The summed E-state index contributed by atoms with van der Waals surface area (Å²) in [6, 6.07) is 24.2. The van der Waals surface area contributed by atoms with Crippen LogP contribution >= 0.6 is 11.8 Å². The molecule has 0 aliphatic carbocycles. The van der Waals surface area contributed by atoms with Crippen molar-refractivity contribution < 1.29 is 14.3 Å².